The Hall–Kier alpha value is -2.81. The van der Waals surface area contributed by atoms with Gasteiger partial charge in [0.2, 0.25) is 5.95 Å². The summed E-state index contributed by atoms with van der Waals surface area (Å²) < 4.78 is 9.77. The van der Waals surface area contributed by atoms with Crippen molar-refractivity contribution in [3.05, 3.63) is 36.1 Å². The molecule has 0 N–H and O–H groups in total. The first-order valence-corrected chi connectivity index (χ1v) is 11.9. The van der Waals surface area contributed by atoms with Gasteiger partial charge in [-0.2, -0.15) is 4.98 Å². The van der Waals surface area contributed by atoms with Crippen LogP contribution in [0.2, 0.25) is 0 Å². The molecule has 0 spiro atoms. The Morgan fingerprint density at radius 1 is 1.03 bits per heavy atom. The molecule has 0 unspecified atom stereocenters. The van der Waals surface area contributed by atoms with Crippen LogP contribution in [0.5, 0.6) is 0 Å². The van der Waals surface area contributed by atoms with Gasteiger partial charge in [0, 0.05) is 37.6 Å². The Labute approximate surface area is 187 Å². The van der Waals surface area contributed by atoms with E-state index in [4.69, 9.17) is 14.7 Å². The smallest absolute Gasteiger partial charge is 0.237 e. The molecule has 9 heteroatoms. The average molecular weight is 435 g/mol. The van der Waals surface area contributed by atoms with Gasteiger partial charge < -0.3 is 9.64 Å². The summed E-state index contributed by atoms with van der Waals surface area (Å²) in [6.45, 7) is 5.80. The minimum Gasteiger partial charge on any atom is -0.381 e. The van der Waals surface area contributed by atoms with Crippen LogP contribution in [-0.4, -0.2) is 53.5 Å². The van der Waals surface area contributed by atoms with Crippen molar-refractivity contribution in [2.45, 2.75) is 76.8 Å². The van der Waals surface area contributed by atoms with Crippen LogP contribution in [0.25, 0.3) is 11.6 Å². The molecule has 5 heterocycles. The van der Waals surface area contributed by atoms with Gasteiger partial charge >= 0.3 is 0 Å². The first-order chi connectivity index (χ1) is 15.8. The minimum absolute atomic E-state index is 0.173. The standard InChI is InChI=1S/C23H30N8O/c1-3-18-22-28-27-15(2)30(22)19-14-25-23(26-21(19)31(18)17-6-4-5-7-17)29-11-10-24-20(29)16-8-12-32-13-9-16/h10-11,14,16-18H,3-9,12-13H2,1-2H3/t18-/m1/s1. The lowest BCUT2D eigenvalue weighted by atomic mass is 9.99. The van der Waals surface area contributed by atoms with Gasteiger partial charge in [0.15, 0.2) is 11.6 Å². The number of aryl methyl sites for hydroxylation is 1. The van der Waals surface area contributed by atoms with Crippen molar-refractivity contribution in [1.82, 2.24) is 34.3 Å². The maximum Gasteiger partial charge on any atom is 0.237 e. The third kappa shape index (κ3) is 3.05. The molecule has 0 amide bonds. The zero-order chi connectivity index (χ0) is 21.7. The molecule has 1 saturated heterocycles. The number of rotatable bonds is 4. The van der Waals surface area contributed by atoms with E-state index in [-0.39, 0.29) is 6.04 Å². The molecular formula is C23H30N8O. The van der Waals surface area contributed by atoms with E-state index in [9.17, 15) is 0 Å². The summed E-state index contributed by atoms with van der Waals surface area (Å²) in [5, 5.41) is 8.97. The fourth-order valence-electron chi connectivity index (χ4n) is 5.72. The summed E-state index contributed by atoms with van der Waals surface area (Å²) in [4.78, 5) is 17.2. The normalized spacial score (nSPS) is 21.7. The third-order valence-corrected chi connectivity index (χ3v) is 7.28. The Morgan fingerprint density at radius 2 is 1.84 bits per heavy atom. The lowest BCUT2D eigenvalue weighted by molar-refractivity contribution is 0.0832. The number of hydrogen-bond acceptors (Lipinski definition) is 7. The SMILES string of the molecule is CC[C@@H]1c2nnc(C)n2-c2cnc(-n3ccnc3C3CCOCC3)nc2N1C1CCCC1. The molecule has 6 rings (SSSR count). The molecule has 0 radical (unpaired) electrons. The van der Waals surface area contributed by atoms with E-state index in [0.717, 1.165) is 61.5 Å². The molecule has 1 saturated carbocycles. The molecule has 0 aromatic carbocycles. The van der Waals surface area contributed by atoms with Crippen molar-refractivity contribution < 1.29 is 4.74 Å². The van der Waals surface area contributed by atoms with Crippen LogP contribution >= 0.6 is 0 Å². The largest absolute Gasteiger partial charge is 0.381 e. The summed E-state index contributed by atoms with van der Waals surface area (Å²) in [5.41, 5.74) is 0.982. The van der Waals surface area contributed by atoms with Crippen molar-refractivity contribution >= 4 is 5.82 Å². The monoisotopic (exact) mass is 434 g/mol. The van der Waals surface area contributed by atoms with Gasteiger partial charge in [-0.25, -0.2) is 9.97 Å². The summed E-state index contributed by atoms with van der Waals surface area (Å²) in [6, 6.07) is 0.650. The van der Waals surface area contributed by atoms with Gasteiger partial charge in [-0.3, -0.25) is 9.13 Å². The maximum absolute atomic E-state index is 5.56. The molecule has 3 aromatic heterocycles. The molecule has 3 aliphatic rings. The zero-order valence-electron chi connectivity index (χ0n) is 18.8. The van der Waals surface area contributed by atoms with E-state index < -0.39 is 0 Å². The van der Waals surface area contributed by atoms with Gasteiger partial charge in [0.1, 0.15) is 17.3 Å². The maximum atomic E-state index is 5.56. The quantitative estimate of drug-likeness (QED) is 0.619. The number of nitrogens with zero attached hydrogens (tertiary/aromatic N) is 8. The molecular weight excluding hydrogens is 404 g/mol. The van der Waals surface area contributed by atoms with E-state index >= 15 is 0 Å². The number of aromatic nitrogens is 7. The van der Waals surface area contributed by atoms with E-state index in [1.54, 1.807) is 0 Å². The van der Waals surface area contributed by atoms with E-state index in [2.05, 4.69) is 36.1 Å². The Bertz CT molecular complexity index is 1110. The first kappa shape index (κ1) is 19.8. The predicted molar refractivity (Wildman–Crippen MR) is 119 cm³/mol. The Morgan fingerprint density at radius 3 is 2.62 bits per heavy atom. The fraction of sp³-hybridized carbons (Fsp3) is 0.609. The zero-order valence-corrected chi connectivity index (χ0v) is 18.8. The molecule has 0 bridgehead atoms. The van der Waals surface area contributed by atoms with Crippen LogP contribution in [0.15, 0.2) is 18.6 Å². The highest BCUT2D eigenvalue weighted by Gasteiger charge is 2.39. The van der Waals surface area contributed by atoms with Gasteiger partial charge in [-0.05, 0) is 39.0 Å². The topological polar surface area (TPSA) is 86.8 Å². The van der Waals surface area contributed by atoms with Crippen LogP contribution in [0, 0.1) is 6.92 Å². The molecule has 168 valence electrons. The number of hydrogen-bond donors (Lipinski definition) is 0. The lowest BCUT2D eigenvalue weighted by Crippen LogP contribution is -2.42. The van der Waals surface area contributed by atoms with Crippen LogP contribution in [0.1, 0.15) is 81.3 Å². The summed E-state index contributed by atoms with van der Waals surface area (Å²) in [7, 11) is 0. The van der Waals surface area contributed by atoms with Crippen molar-refractivity contribution in [3.63, 3.8) is 0 Å². The number of fused-ring (bicyclic) bond motifs is 3. The molecule has 9 nitrogen and oxygen atoms in total. The molecule has 32 heavy (non-hydrogen) atoms. The van der Waals surface area contributed by atoms with Crippen molar-refractivity contribution in [1.29, 1.82) is 0 Å². The summed E-state index contributed by atoms with van der Waals surface area (Å²) >= 11 is 0. The van der Waals surface area contributed by atoms with Crippen LogP contribution in [-0.2, 0) is 4.74 Å². The highest BCUT2D eigenvalue weighted by atomic mass is 16.5. The van der Waals surface area contributed by atoms with Gasteiger partial charge in [-0.15, -0.1) is 10.2 Å². The van der Waals surface area contributed by atoms with E-state index in [0.29, 0.717) is 17.9 Å². The fourth-order valence-corrected chi connectivity index (χ4v) is 5.72. The van der Waals surface area contributed by atoms with E-state index in [1.807, 2.05) is 25.5 Å². The highest BCUT2D eigenvalue weighted by Crippen LogP contribution is 2.43. The average Bonchev–Trinajstić information content (AvgIpc) is 3.60. The second kappa shape index (κ2) is 7.95. The Kier molecular flexibility index (Phi) is 4.93. The van der Waals surface area contributed by atoms with E-state index in [1.165, 1.54) is 25.7 Å². The molecule has 1 aliphatic carbocycles. The molecule has 1 atom stereocenters. The van der Waals surface area contributed by atoms with Crippen molar-refractivity contribution in [2.75, 3.05) is 18.1 Å². The lowest BCUT2D eigenvalue weighted by Gasteiger charge is -2.41. The highest BCUT2D eigenvalue weighted by molar-refractivity contribution is 5.63. The number of imidazole rings is 1. The number of ether oxygens (including phenoxy) is 1. The second-order valence-electron chi connectivity index (χ2n) is 9.13. The molecule has 3 aromatic rings. The second-order valence-corrected chi connectivity index (χ2v) is 9.13. The van der Waals surface area contributed by atoms with Gasteiger partial charge in [0.25, 0.3) is 0 Å². The molecule has 2 fully saturated rings. The van der Waals surface area contributed by atoms with Crippen molar-refractivity contribution in [3.8, 4) is 11.6 Å². The van der Waals surface area contributed by atoms with Crippen molar-refractivity contribution in [2.24, 2.45) is 0 Å². The number of anilines is 1. The predicted octanol–water partition coefficient (Wildman–Crippen LogP) is 3.66. The van der Waals surface area contributed by atoms with Gasteiger partial charge in [0.05, 0.1) is 12.2 Å². The minimum atomic E-state index is 0.173. The van der Waals surface area contributed by atoms with Gasteiger partial charge in [-0.1, -0.05) is 19.8 Å². The Balaban J connectivity index is 1.48. The summed E-state index contributed by atoms with van der Waals surface area (Å²) in [5.74, 6) is 4.98. The van der Waals surface area contributed by atoms with Crippen LogP contribution < -0.4 is 4.90 Å². The third-order valence-electron chi connectivity index (χ3n) is 7.28. The molecule has 2 aliphatic heterocycles. The first-order valence-electron chi connectivity index (χ1n) is 11.9. The van der Waals surface area contributed by atoms with Crippen LogP contribution in [0.3, 0.4) is 0 Å². The summed E-state index contributed by atoms with van der Waals surface area (Å²) in [6.07, 6.45) is 13.7. The van der Waals surface area contributed by atoms with Crippen LogP contribution in [0.4, 0.5) is 5.82 Å².